The maximum atomic E-state index is 13.3. The Morgan fingerprint density at radius 2 is 1.94 bits per heavy atom. The van der Waals surface area contributed by atoms with Gasteiger partial charge in [-0.1, -0.05) is 19.1 Å². The maximum absolute atomic E-state index is 13.3. The van der Waals surface area contributed by atoms with Crippen molar-refractivity contribution in [2.45, 2.75) is 20.1 Å². The van der Waals surface area contributed by atoms with Gasteiger partial charge in [-0.25, -0.2) is 4.39 Å². The van der Waals surface area contributed by atoms with Gasteiger partial charge in [0.2, 0.25) is 0 Å². The monoisotopic (exact) mass is 249 g/mol. The zero-order chi connectivity index (χ0) is 12.8. The van der Waals surface area contributed by atoms with Crippen molar-refractivity contribution in [2.24, 2.45) is 0 Å². The summed E-state index contributed by atoms with van der Waals surface area (Å²) in [7, 11) is 0. The predicted octanol–water partition coefficient (Wildman–Crippen LogP) is 3.11. The lowest BCUT2D eigenvalue weighted by molar-refractivity contribution is 0.254. The van der Waals surface area contributed by atoms with Crippen LogP contribution in [0.1, 0.15) is 18.4 Å². The molecule has 0 amide bonds. The molecule has 0 fully saturated rings. The van der Waals surface area contributed by atoms with Gasteiger partial charge in [0.15, 0.2) is 11.6 Å². The molecule has 4 heteroatoms. The summed E-state index contributed by atoms with van der Waals surface area (Å²) >= 11 is 0. The first-order valence-corrected chi connectivity index (χ1v) is 5.95. The number of rotatable bonds is 6. The van der Waals surface area contributed by atoms with E-state index < -0.39 is 0 Å². The van der Waals surface area contributed by atoms with Crippen molar-refractivity contribution in [3.8, 4) is 5.75 Å². The van der Waals surface area contributed by atoms with E-state index in [1.165, 1.54) is 6.07 Å². The third-order valence-electron chi connectivity index (χ3n) is 2.47. The first-order chi connectivity index (χ1) is 8.79. The molecule has 0 radical (unpaired) electrons. The molecule has 0 aliphatic heterocycles. The number of para-hydroxylation sites is 1. The number of hydrogen-bond donors (Lipinski definition) is 1. The topological polar surface area (TPSA) is 34.4 Å². The Morgan fingerprint density at radius 3 is 2.72 bits per heavy atom. The summed E-state index contributed by atoms with van der Waals surface area (Å²) in [4.78, 5) is 0. The average molecular weight is 249 g/mol. The van der Waals surface area contributed by atoms with Crippen LogP contribution in [0.2, 0.25) is 0 Å². The number of benzene rings is 1. The fourth-order valence-corrected chi connectivity index (χ4v) is 1.55. The SMILES string of the molecule is CCNCc1ccc(COc2ccccc2F)o1. The van der Waals surface area contributed by atoms with E-state index in [1.807, 2.05) is 19.1 Å². The predicted molar refractivity (Wildman–Crippen MR) is 66.8 cm³/mol. The fraction of sp³-hybridized carbons (Fsp3) is 0.286. The molecule has 0 unspecified atom stereocenters. The van der Waals surface area contributed by atoms with E-state index in [1.54, 1.807) is 18.2 Å². The minimum absolute atomic E-state index is 0.229. The molecule has 1 aromatic heterocycles. The lowest BCUT2D eigenvalue weighted by Crippen LogP contribution is -2.10. The summed E-state index contributed by atoms with van der Waals surface area (Å²) < 4.78 is 24.2. The Morgan fingerprint density at radius 1 is 1.17 bits per heavy atom. The van der Waals surface area contributed by atoms with Gasteiger partial charge in [0.25, 0.3) is 0 Å². The van der Waals surface area contributed by atoms with E-state index in [9.17, 15) is 4.39 Å². The van der Waals surface area contributed by atoms with Gasteiger partial charge in [-0.15, -0.1) is 0 Å². The van der Waals surface area contributed by atoms with Crippen molar-refractivity contribution in [3.05, 3.63) is 53.7 Å². The third-order valence-corrected chi connectivity index (χ3v) is 2.47. The van der Waals surface area contributed by atoms with Crippen LogP contribution in [-0.2, 0) is 13.2 Å². The number of halogens is 1. The van der Waals surface area contributed by atoms with Crippen molar-refractivity contribution in [3.63, 3.8) is 0 Å². The number of furan rings is 1. The number of hydrogen-bond acceptors (Lipinski definition) is 3. The summed E-state index contributed by atoms with van der Waals surface area (Å²) in [6.45, 7) is 3.84. The first-order valence-electron chi connectivity index (χ1n) is 5.95. The smallest absolute Gasteiger partial charge is 0.165 e. The van der Waals surface area contributed by atoms with Gasteiger partial charge in [0, 0.05) is 0 Å². The molecule has 0 atom stereocenters. The second-order valence-corrected chi connectivity index (χ2v) is 3.87. The maximum Gasteiger partial charge on any atom is 0.165 e. The highest BCUT2D eigenvalue weighted by Crippen LogP contribution is 2.18. The molecule has 1 N–H and O–H groups in total. The van der Waals surface area contributed by atoms with Crippen LogP contribution in [0.5, 0.6) is 5.75 Å². The summed E-state index contributed by atoms with van der Waals surface area (Å²) in [6, 6.07) is 10.1. The van der Waals surface area contributed by atoms with Gasteiger partial charge in [-0.3, -0.25) is 0 Å². The molecule has 0 saturated heterocycles. The Balaban J connectivity index is 1.90. The van der Waals surface area contributed by atoms with Gasteiger partial charge in [0.05, 0.1) is 6.54 Å². The largest absolute Gasteiger partial charge is 0.483 e. The lowest BCUT2D eigenvalue weighted by atomic mass is 10.3. The Hall–Kier alpha value is -1.81. The van der Waals surface area contributed by atoms with Crippen LogP contribution < -0.4 is 10.1 Å². The third kappa shape index (κ3) is 3.34. The van der Waals surface area contributed by atoms with E-state index in [-0.39, 0.29) is 18.2 Å². The van der Waals surface area contributed by atoms with Gasteiger partial charge in [0.1, 0.15) is 18.1 Å². The van der Waals surface area contributed by atoms with Crippen molar-refractivity contribution >= 4 is 0 Å². The highest BCUT2D eigenvalue weighted by molar-refractivity contribution is 5.23. The highest BCUT2D eigenvalue weighted by Gasteiger charge is 2.05. The molecule has 18 heavy (non-hydrogen) atoms. The molecular formula is C14H16FNO2. The minimum atomic E-state index is -0.364. The van der Waals surface area contributed by atoms with Gasteiger partial charge in [-0.05, 0) is 30.8 Å². The molecule has 0 bridgehead atoms. The summed E-state index contributed by atoms with van der Waals surface area (Å²) in [5, 5.41) is 3.17. The van der Waals surface area contributed by atoms with Crippen LogP contribution in [-0.4, -0.2) is 6.54 Å². The summed E-state index contributed by atoms with van der Waals surface area (Å²) in [5.41, 5.74) is 0. The van der Waals surface area contributed by atoms with Crippen LogP contribution in [0.4, 0.5) is 4.39 Å². The molecule has 3 nitrogen and oxygen atoms in total. The molecule has 2 aromatic rings. The standard InChI is InChI=1S/C14H16FNO2/c1-2-16-9-11-7-8-12(18-11)10-17-14-6-4-3-5-13(14)15/h3-8,16H,2,9-10H2,1H3. The molecular weight excluding hydrogens is 233 g/mol. The van der Waals surface area contributed by atoms with E-state index in [4.69, 9.17) is 9.15 Å². The van der Waals surface area contributed by atoms with E-state index in [2.05, 4.69) is 5.32 Å². The molecule has 2 rings (SSSR count). The Labute approximate surface area is 106 Å². The zero-order valence-corrected chi connectivity index (χ0v) is 10.3. The number of nitrogens with one attached hydrogen (secondary N) is 1. The molecule has 0 aliphatic carbocycles. The number of ether oxygens (including phenoxy) is 1. The van der Waals surface area contributed by atoms with Gasteiger partial charge < -0.3 is 14.5 Å². The second-order valence-electron chi connectivity index (χ2n) is 3.87. The summed E-state index contributed by atoms with van der Waals surface area (Å²) in [5.74, 6) is 1.41. The van der Waals surface area contributed by atoms with Crippen molar-refractivity contribution in [2.75, 3.05) is 6.54 Å². The van der Waals surface area contributed by atoms with Crippen LogP contribution in [0.3, 0.4) is 0 Å². The molecule has 0 aliphatic rings. The Bertz CT molecular complexity index is 496. The van der Waals surface area contributed by atoms with E-state index in [0.717, 1.165) is 12.3 Å². The lowest BCUT2D eigenvalue weighted by Gasteiger charge is -2.04. The normalized spacial score (nSPS) is 10.6. The fourth-order valence-electron chi connectivity index (χ4n) is 1.55. The quantitative estimate of drug-likeness (QED) is 0.854. The molecule has 0 saturated carbocycles. The average Bonchev–Trinajstić information content (AvgIpc) is 2.83. The zero-order valence-electron chi connectivity index (χ0n) is 10.3. The molecule has 1 heterocycles. The van der Waals surface area contributed by atoms with Gasteiger partial charge in [-0.2, -0.15) is 0 Å². The van der Waals surface area contributed by atoms with Crippen LogP contribution in [0.15, 0.2) is 40.8 Å². The minimum Gasteiger partial charge on any atom is -0.483 e. The van der Waals surface area contributed by atoms with Crippen LogP contribution in [0.25, 0.3) is 0 Å². The van der Waals surface area contributed by atoms with Gasteiger partial charge >= 0.3 is 0 Å². The van der Waals surface area contributed by atoms with Crippen molar-refractivity contribution < 1.29 is 13.5 Å². The van der Waals surface area contributed by atoms with Crippen molar-refractivity contribution in [1.29, 1.82) is 0 Å². The summed E-state index contributed by atoms with van der Waals surface area (Å²) in [6.07, 6.45) is 0. The first kappa shape index (κ1) is 12.6. The highest BCUT2D eigenvalue weighted by atomic mass is 19.1. The van der Waals surface area contributed by atoms with Crippen LogP contribution in [0, 0.1) is 5.82 Å². The second kappa shape index (κ2) is 6.21. The molecule has 0 spiro atoms. The molecule has 1 aromatic carbocycles. The van der Waals surface area contributed by atoms with E-state index in [0.29, 0.717) is 12.3 Å². The van der Waals surface area contributed by atoms with Crippen molar-refractivity contribution in [1.82, 2.24) is 5.32 Å². The van der Waals surface area contributed by atoms with E-state index >= 15 is 0 Å². The molecule has 96 valence electrons. The van der Waals surface area contributed by atoms with Crippen LogP contribution >= 0.6 is 0 Å². The Kier molecular flexibility index (Phi) is 4.36.